The first-order valence-electron chi connectivity index (χ1n) is 6.34. The molecular formula is C11H17N3O5S2. The van der Waals surface area contributed by atoms with Crippen molar-refractivity contribution >= 4 is 32.0 Å². The summed E-state index contributed by atoms with van der Waals surface area (Å²) >= 11 is 0.860. The minimum atomic E-state index is -3.77. The van der Waals surface area contributed by atoms with E-state index in [1.54, 1.807) is 0 Å². The van der Waals surface area contributed by atoms with Crippen LogP contribution in [0.1, 0.15) is 13.3 Å². The second-order valence-corrected chi connectivity index (χ2v) is 8.02. The third kappa shape index (κ3) is 2.89. The molecule has 10 heteroatoms. The molecule has 2 heterocycles. The quantitative estimate of drug-likeness (QED) is 0.646. The Morgan fingerprint density at radius 3 is 2.67 bits per heavy atom. The fourth-order valence-corrected chi connectivity index (χ4v) is 5.23. The molecule has 0 aliphatic carbocycles. The molecule has 1 aromatic rings. The minimum Gasteiger partial charge on any atom is -0.377 e. The zero-order chi connectivity index (χ0) is 15.8. The number of hydrogen-bond donors (Lipinski definition) is 1. The number of hydrogen-bond acceptors (Lipinski definition) is 7. The molecule has 1 saturated heterocycles. The number of likely N-dealkylation sites (N-methyl/N-ethyl adjacent to an activating group) is 1. The van der Waals surface area contributed by atoms with Gasteiger partial charge in [0.2, 0.25) is 0 Å². The van der Waals surface area contributed by atoms with E-state index in [4.69, 9.17) is 4.74 Å². The molecule has 0 bridgehead atoms. The first-order valence-corrected chi connectivity index (χ1v) is 8.60. The predicted molar refractivity (Wildman–Crippen MR) is 79.3 cm³/mol. The summed E-state index contributed by atoms with van der Waals surface area (Å²) in [5.41, 5.74) is -0.231. The smallest absolute Gasteiger partial charge is 0.304 e. The number of nitrogens with one attached hydrogen (secondary N) is 1. The van der Waals surface area contributed by atoms with Crippen LogP contribution in [-0.4, -0.2) is 50.5 Å². The van der Waals surface area contributed by atoms with Gasteiger partial charge in [-0.15, -0.1) is 0 Å². The second kappa shape index (κ2) is 5.87. The number of rotatable bonds is 5. The minimum absolute atomic E-state index is 0.0415. The molecule has 2 atom stereocenters. The van der Waals surface area contributed by atoms with Crippen LogP contribution in [0.3, 0.4) is 0 Å². The number of ether oxygens (including phenoxy) is 1. The summed E-state index contributed by atoms with van der Waals surface area (Å²) in [5, 5.41) is 13.8. The van der Waals surface area contributed by atoms with Crippen molar-refractivity contribution in [1.29, 1.82) is 0 Å². The van der Waals surface area contributed by atoms with Crippen LogP contribution in [0, 0.1) is 10.1 Å². The zero-order valence-electron chi connectivity index (χ0n) is 11.9. The summed E-state index contributed by atoms with van der Waals surface area (Å²) in [6.07, 6.45) is 0.423. The standard InChI is InChI=1S/C11H17N3O5S2/c1-7-8(4-5-19-7)13(3)21(17,18)10-6-9(14(15)16)11(12-2)20-10/h6-8,12H,4-5H2,1-3H3. The fraction of sp³-hybridized carbons (Fsp3) is 0.636. The number of nitrogens with zero attached hydrogens (tertiary/aromatic N) is 2. The van der Waals surface area contributed by atoms with E-state index >= 15 is 0 Å². The zero-order valence-corrected chi connectivity index (χ0v) is 13.5. The molecule has 0 radical (unpaired) electrons. The number of sulfonamides is 1. The van der Waals surface area contributed by atoms with Crippen LogP contribution in [0.25, 0.3) is 0 Å². The monoisotopic (exact) mass is 335 g/mol. The van der Waals surface area contributed by atoms with Crippen LogP contribution in [-0.2, 0) is 14.8 Å². The van der Waals surface area contributed by atoms with E-state index in [2.05, 4.69) is 5.32 Å². The Labute approximate surface area is 126 Å². The highest BCUT2D eigenvalue weighted by molar-refractivity contribution is 7.91. The molecule has 8 nitrogen and oxygen atoms in total. The van der Waals surface area contributed by atoms with Crippen molar-refractivity contribution in [3.05, 3.63) is 16.2 Å². The average molecular weight is 335 g/mol. The summed E-state index contributed by atoms with van der Waals surface area (Å²) in [5.74, 6) is 0. The van der Waals surface area contributed by atoms with E-state index in [9.17, 15) is 18.5 Å². The lowest BCUT2D eigenvalue weighted by Gasteiger charge is -2.25. The molecule has 118 valence electrons. The third-order valence-corrected chi connectivity index (χ3v) is 7.02. The SMILES string of the molecule is CNc1sc(S(=O)(=O)N(C)C2CCOC2C)cc1[N+](=O)[O-]. The Balaban J connectivity index is 2.37. The lowest BCUT2D eigenvalue weighted by atomic mass is 10.2. The topological polar surface area (TPSA) is 102 Å². The van der Waals surface area contributed by atoms with Crippen LogP contribution in [0.4, 0.5) is 10.7 Å². The van der Waals surface area contributed by atoms with Crippen molar-refractivity contribution in [1.82, 2.24) is 4.31 Å². The summed E-state index contributed by atoms with van der Waals surface area (Å²) < 4.78 is 31.8. The van der Waals surface area contributed by atoms with Crippen molar-refractivity contribution in [2.75, 3.05) is 26.0 Å². The van der Waals surface area contributed by atoms with Crippen molar-refractivity contribution in [2.24, 2.45) is 0 Å². The molecule has 1 fully saturated rings. The van der Waals surface area contributed by atoms with Gasteiger partial charge in [0, 0.05) is 26.8 Å². The van der Waals surface area contributed by atoms with Gasteiger partial charge in [0.1, 0.15) is 4.21 Å². The van der Waals surface area contributed by atoms with Gasteiger partial charge in [-0.2, -0.15) is 4.31 Å². The van der Waals surface area contributed by atoms with Gasteiger partial charge in [-0.25, -0.2) is 8.42 Å². The van der Waals surface area contributed by atoms with Crippen molar-refractivity contribution in [2.45, 2.75) is 29.7 Å². The van der Waals surface area contributed by atoms with Gasteiger partial charge in [0.05, 0.1) is 17.1 Å². The van der Waals surface area contributed by atoms with Crippen molar-refractivity contribution in [3.63, 3.8) is 0 Å². The summed E-state index contributed by atoms with van der Waals surface area (Å²) in [6.45, 7) is 2.33. The molecule has 0 spiro atoms. The lowest BCUT2D eigenvalue weighted by Crippen LogP contribution is -2.40. The normalized spacial score (nSPS) is 22.7. The molecule has 0 saturated carbocycles. The summed E-state index contributed by atoms with van der Waals surface area (Å²) in [7, 11) is -0.772. The second-order valence-electron chi connectivity index (χ2n) is 4.74. The van der Waals surface area contributed by atoms with E-state index in [1.807, 2.05) is 6.92 Å². The largest absolute Gasteiger partial charge is 0.377 e. The summed E-state index contributed by atoms with van der Waals surface area (Å²) in [6, 6.07) is 0.845. The molecule has 0 amide bonds. The number of nitro groups is 1. The predicted octanol–water partition coefficient (Wildman–Crippen LogP) is 1.50. The highest BCUT2D eigenvalue weighted by Crippen LogP contribution is 2.38. The van der Waals surface area contributed by atoms with Crippen molar-refractivity contribution in [3.8, 4) is 0 Å². The maximum atomic E-state index is 12.6. The molecule has 1 N–H and O–H groups in total. The third-order valence-electron chi connectivity index (χ3n) is 3.55. The number of thiophene rings is 1. The molecular weight excluding hydrogens is 318 g/mol. The Morgan fingerprint density at radius 1 is 1.57 bits per heavy atom. The Kier molecular flexibility index (Phi) is 4.51. The van der Waals surface area contributed by atoms with E-state index in [0.29, 0.717) is 13.0 Å². The van der Waals surface area contributed by atoms with E-state index in [1.165, 1.54) is 18.4 Å². The van der Waals surface area contributed by atoms with Crippen LogP contribution in [0.2, 0.25) is 0 Å². The van der Waals surface area contributed by atoms with Crippen LogP contribution < -0.4 is 5.32 Å². The molecule has 0 aromatic carbocycles. The average Bonchev–Trinajstić information content (AvgIpc) is 3.03. The molecule has 2 rings (SSSR count). The summed E-state index contributed by atoms with van der Waals surface area (Å²) in [4.78, 5) is 10.3. The van der Waals surface area contributed by atoms with Crippen LogP contribution in [0.5, 0.6) is 0 Å². The van der Waals surface area contributed by atoms with Gasteiger partial charge >= 0.3 is 5.69 Å². The first-order chi connectivity index (χ1) is 9.78. The van der Waals surface area contributed by atoms with E-state index < -0.39 is 14.9 Å². The highest BCUT2D eigenvalue weighted by atomic mass is 32.2. The molecule has 21 heavy (non-hydrogen) atoms. The molecule has 1 aliphatic heterocycles. The maximum Gasteiger partial charge on any atom is 0.304 e. The van der Waals surface area contributed by atoms with E-state index in [0.717, 1.165) is 17.4 Å². The van der Waals surface area contributed by atoms with Gasteiger partial charge in [0.25, 0.3) is 10.0 Å². The van der Waals surface area contributed by atoms with Crippen molar-refractivity contribution < 1.29 is 18.1 Å². The fourth-order valence-electron chi connectivity index (χ4n) is 2.32. The highest BCUT2D eigenvalue weighted by Gasteiger charge is 2.37. The van der Waals surface area contributed by atoms with Crippen LogP contribution >= 0.6 is 11.3 Å². The maximum absolute atomic E-state index is 12.6. The molecule has 1 aliphatic rings. The van der Waals surface area contributed by atoms with Gasteiger partial charge in [-0.1, -0.05) is 11.3 Å². The van der Waals surface area contributed by atoms with Gasteiger partial charge in [-0.05, 0) is 13.3 Å². The van der Waals surface area contributed by atoms with E-state index in [-0.39, 0.29) is 27.0 Å². The number of anilines is 1. The van der Waals surface area contributed by atoms with Gasteiger partial charge in [0.15, 0.2) is 5.00 Å². The van der Waals surface area contributed by atoms with Crippen LogP contribution in [0.15, 0.2) is 10.3 Å². The first kappa shape index (κ1) is 16.1. The Bertz CT molecular complexity index is 642. The lowest BCUT2D eigenvalue weighted by molar-refractivity contribution is -0.383. The molecule has 2 unspecified atom stereocenters. The Hall–Kier alpha value is -1.23. The molecule has 1 aromatic heterocycles. The van der Waals surface area contributed by atoms with Gasteiger partial charge in [-0.3, -0.25) is 10.1 Å². The Morgan fingerprint density at radius 2 is 2.24 bits per heavy atom. The van der Waals surface area contributed by atoms with Gasteiger partial charge < -0.3 is 10.1 Å².